The first-order chi connectivity index (χ1) is 10.5. The van der Waals surface area contributed by atoms with E-state index >= 15 is 0 Å². The third kappa shape index (κ3) is 9.01. The van der Waals surface area contributed by atoms with Gasteiger partial charge in [-0.25, -0.2) is 0 Å². The van der Waals surface area contributed by atoms with Crippen molar-refractivity contribution in [2.45, 2.75) is 40.2 Å². The molecule has 0 aliphatic heterocycles. The zero-order valence-corrected chi connectivity index (χ0v) is 15.2. The molecule has 0 bridgehead atoms. The smallest absolute Gasteiger partial charge is 0.0234 e. The minimum atomic E-state index is 0.737. The van der Waals surface area contributed by atoms with Crippen molar-refractivity contribution in [2.75, 3.05) is 33.7 Å². The molecule has 0 heterocycles. The van der Waals surface area contributed by atoms with Crippen LogP contribution < -0.4 is 0 Å². The van der Waals surface area contributed by atoms with Gasteiger partial charge in [-0.05, 0) is 52.3 Å². The summed E-state index contributed by atoms with van der Waals surface area (Å²) in [5.41, 5.74) is 2.85. The second-order valence-electron chi connectivity index (χ2n) is 6.99. The minimum absolute atomic E-state index is 0.737. The Morgan fingerprint density at radius 2 is 1.77 bits per heavy atom. The Hall–Kier alpha value is -1.12. The molecular formula is C20H34N2. The molecule has 0 radical (unpaired) electrons. The molecule has 1 aromatic carbocycles. The molecule has 1 atom stereocenters. The van der Waals surface area contributed by atoms with E-state index in [1.807, 2.05) is 0 Å². The van der Waals surface area contributed by atoms with Crippen LogP contribution in [0.4, 0.5) is 0 Å². The van der Waals surface area contributed by atoms with Gasteiger partial charge in [-0.3, -0.25) is 4.90 Å². The Bertz CT molecular complexity index is 419. The zero-order valence-electron chi connectivity index (χ0n) is 15.2. The molecule has 0 aliphatic rings. The molecule has 124 valence electrons. The topological polar surface area (TPSA) is 6.48 Å². The number of nitrogens with zero attached hydrogens (tertiary/aromatic N) is 2. The van der Waals surface area contributed by atoms with Gasteiger partial charge in [0.25, 0.3) is 0 Å². The Morgan fingerprint density at radius 1 is 1.09 bits per heavy atom. The molecule has 1 rings (SSSR count). The number of allylic oxidation sites excluding steroid dienone is 2. The van der Waals surface area contributed by atoms with Crippen LogP contribution in [-0.4, -0.2) is 43.5 Å². The monoisotopic (exact) mass is 302 g/mol. The van der Waals surface area contributed by atoms with E-state index in [4.69, 9.17) is 0 Å². The number of hydrogen-bond acceptors (Lipinski definition) is 2. The third-order valence-electron chi connectivity index (χ3n) is 3.89. The molecule has 1 unspecified atom stereocenters. The van der Waals surface area contributed by atoms with E-state index in [1.165, 1.54) is 30.5 Å². The van der Waals surface area contributed by atoms with Gasteiger partial charge in [0.1, 0.15) is 0 Å². The lowest BCUT2D eigenvalue weighted by Crippen LogP contribution is -2.34. The van der Waals surface area contributed by atoms with Crippen LogP contribution >= 0.6 is 0 Å². The molecule has 0 saturated carbocycles. The highest BCUT2D eigenvalue weighted by Crippen LogP contribution is 2.12. The molecule has 0 spiro atoms. The van der Waals surface area contributed by atoms with Gasteiger partial charge in [0.2, 0.25) is 0 Å². The molecule has 0 fully saturated rings. The van der Waals surface area contributed by atoms with Crippen LogP contribution in [0.25, 0.3) is 0 Å². The minimum Gasteiger partial charge on any atom is -0.308 e. The van der Waals surface area contributed by atoms with Crippen molar-refractivity contribution in [2.24, 2.45) is 5.92 Å². The van der Waals surface area contributed by atoms with E-state index < -0.39 is 0 Å². The van der Waals surface area contributed by atoms with Gasteiger partial charge in [0.15, 0.2) is 0 Å². The van der Waals surface area contributed by atoms with E-state index in [9.17, 15) is 0 Å². The summed E-state index contributed by atoms with van der Waals surface area (Å²) < 4.78 is 0. The van der Waals surface area contributed by atoms with Gasteiger partial charge in [0, 0.05) is 26.2 Å². The van der Waals surface area contributed by atoms with Crippen molar-refractivity contribution in [3.8, 4) is 0 Å². The lowest BCUT2D eigenvalue weighted by molar-refractivity contribution is 0.203. The fraction of sp³-hybridized carbons (Fsp3) is 0.600. The van der Waals surface area contributed by atoms with Crippen molar-refractivity contribution in [3.63, 3.8) is 0 Å². The van der Waals surface area contributed by atoms with Crippen molar-refractivity contribution in [3.05, 3.63) is 47.5 Å². The quantitative estimate of drug-likeness (QED) is 0.590. The highest BCUT2D eigenvalue weighted by Gasteiger charge is 2.11. The standard InChI is InChI=1S/C20H34N2/c1-18(2)10-9-11-19(3)16-22(15-14-21(4)5)17-20-12-7-6-8-13-20/h6-8,10,12-13,19H,9,11,14-17H2,1-5H3. The molecule has 1 aromatic rings. The molecule has 0 aromatic heterocycles. The van der Waals surface area contributed by atoms with Crippen LogP contribution in [0.3, 0.4) is 0 Å². The SMILES string of the molecule is CC(C)=CCCC(C)CN(CCN(C)C)Cc1ccccc1. The normalized spacial score (nSPS) is 12.7. The van der Waals surface area contributed by atoms with E-state index in [0.29, 0.717) is 0 Å². The van der Waals surface area contributed by atoms with Crippen LogP contribution in [0, 0.1) is 5.92 Å². The summed E-state index contributed by atoms with van der Waals surface area (Å²) in [5, 5.41) is 0. The Morgan fingerprint density at radius 3 is 2.36 bits per heavy atom. The summed E-state index contributed by atoms with van der Waals surface area (Å²) in [6, 6.07) is 10.8. The summed E-state index contributed by atoms with van der Waals surface area (Å²) in [4.78, 5) is 4.87. The lowest BCUT2D eigenvalue weighted by Gasteiger charge is -2.27. The maximum absolute atomic E-state index is 2.60. The summed E-state index contributed by atoms with van der Waals surface area (Å²) in [6.45, 7) is 11.2. The first kappa shape index (κ1) is 18.9. The first-order valence-electron chi connectivity index (χ1n) is 8.51. The van der Waals surface area contributed by atoms with Crippen LogP contribution in [0.15, 0.2) is 42.0 Å². The molecular weight excluding hydrogens is 268 g/mol. The zero-order chi connectivity index (χ0) is 16.4. The van der Waals surface area contributed by atoms with Crippen LogP contribution in [0.1, 0.15) is 39.2 Å². The second kappa shape index (κ2) is 10.6. The summed E-state index contributed by atoms with van der Waals surface area (Å²) >= 11 is 0. The van der Waals surface area contributed by atoms with Crippen molar-refractivity contribution in [1.29, 1.82) is 0 Å². The predicted molar refractivity (Wildman–Crippen MR) is 98.1 cm³/mol. The molecule has 0 amide bonds. The largest absolute Gasteiger partial charge is 0.308 e. The van der Waals surface area contributed by atoms with Crippen molar-refractivity contribution >= 4 is 0 Å². The highest BCUT2D eigenvalue weighted by molar-refractivity contribution is 5.14. The predicted octanol–water partition coefficient (Wildman–Crippen LogP) is 4.43. The maximum Gasteiger partial charge on any atom is 0.0234 e. The summed E-state index contributed by atoms with van der Waals surface area (Å²) in [5.74, 6) is 0.737. The van der Waals surface area contributed by atoms with Crippen LogP contribution in [0.5, 0.6) is 0 Å². The van der Waals surface area contributed by atoms with E-state index in [-0.39, 0.29) is 0 Å². The molecule has 2 nitrogen and oxygen atoms in total. The Kier molecular flexibility index (Phi) is 9.10. The number of benzene rings is 1. The van der Waals surface area contributed by atoms with E-state index in [2.05, 4.69) is 81.1 Å². The van der Waals surface area contributed by atoms with Gasteiger partial charge in [0.05, 0.1) is 0 Å². The first-order valence-corrected chi connectivity index (χ1v) is 8.51. The number of rotatable bonds is 10. The summed E-state index contributed by atoms with van der Waals surface area (Å²) in [6.07, 6.45) is 4.84. The van der Waals surface area contributed by atoms with Crippen molar-refractivity contribution < 1.29 is 0 Å². The van der Waals surface area contributed by atoms with Gasteiger partial charge < -0.3 is 4.90 Å². The molecule has 2 heteroatoms. The van der Waals surface area contributed by atoms with Crippen LogP contribution in [0.2, 0.25) is 0 Å². The molecule has 0 aliphatic carbocycles. The fourth-order valence-corrected chi connectivity index (χ4v) is 2.61. The lowest BCUT2D eigenvalue weighted by atomic mass is 10.0. The van der Waals surface area contributed by atoms with Crippen LogP contribution in [-0.2, 0) is 6.54 Å². The second-order valence-corrected chi connectivity index (χ2v) is 6.99. The van der Waals surface area contributed by atoms with Gasteiger partial charge in [-0.15, -0.1) is 0 Å². The van der Waals surface area contributed by atoms with Crippen molar-refractivity contribution in [1.82, 2.24) is 9.80 Å². The number of likely N-dealkylation sites (N-methyl/N-ethyl adjacent to an activating group) is 1. The molecule has 22 heavy (non-hydrogen) atoms. The average Bonchev–Trinajstić information content (AvgIpc) is 2.45. The maximum atomic E-state index is 2.60. The van der Waals surface area contributed by atoms with Gasteiger partial charge in [-0.1, -0.05) is 48.9 Å². The average molecular weight is 303 g/mol. The molecule has 0 saturated heterocycles. The Labute approximate surface area is 137 Å². The van der Waals surface area contributed by atoms with E-state index in [1.54, 1.807) is 0 Å². The molecule has 0 N–H and O–H groups in total. The fourth-order valence-electron chi connectivity index (χ4n) is 2.61. The highest BCUT2D eigenvalue weighted by atomic mass is 15.2. The summed E-state index contributed by atoms with van der Waals surface area (Å²) in [7, 11) is 4.30. The van der Waals surface area contributed by atoms with E-state index in [0.717, 1.165) is 25.6 Å². The Balaban J connectivity index is 2.51. The number of hydrogen-bond donors (Lipinski definition) is 0. The third-order valence-corrected chi connectivity index (χ3v) is 3.89. The van der Waals surface area contributed by atoms with Gasteiger partial charge >= 0.3 is 0 Å². The van der Waals surface area contributed by atoms with Gasteiger partial charge in [-0.2, -0.15) is 0 Å².